The van der Waals surface area contributed by atoms with Gasteiger partial charge in [-0.2, -0.15) is 8.42 Å². The van der Waals surface area contributed by atoms with Gasteiger partial charge in [0.2, 0.25) is 6.10 Å². The minimum atomic E-state index is -4.52. The molecule has 0 spiro atoms. The maximum Gasteiger partial charge on any atom is 0.422 e. The number of benzene rings is 4. The summed E-state index contributed by atoms with van der Waals surface area (Å²) < 4.78 is 34.2. The number of rotatable bonds is 18. The van der Waals surface area contributed by atoms with Crippen LogP contribution in [0, 0.1) is 0 Å². The molecule has 0 aliphatic heterocycles. The van der Waals surface area contributed by atoms with Gasteiger partial charge in [0.1, 0.15) is 0 Å². The summed E-state index contributed by atoms with van der Waals surface area (Å²) in [6, 6.07) is 29.0. The molecule has 0 fully saturated rings. The van der Waals surface area contributed by atoms with Crippen LogP contribution in [0.15, 0.2) is 84.9 Å². The third kappa shape index (κ3) is 11.7. The molecule has 250 valence electrons. The van der Waals surface area contributed by atoms with Crippen LogP contribution >= 0.6 is 0 Å². The van der Waals surface area contributed by atoms with E-state index in [2.05, 4.69) is 66.0 Å². The highest BCUT2D eigenvalue weighted by atomic mass is 32.2. The molecule has 4 aromatic carbocycles. The predicted molar refractivity (Wildman–Crippen MR) is 180 cm³/mol. The van der Waals surface area contributed by atoms with Crippen LogP contribution in [-0.4, -0.2) is 56.9 Å². The number of nitrogens with two attached hydrogens (primary N) is 1. The third-order valence-electron chi connectivity index (χ3n) is 7.71. The standard InChI is InChI=1S/C35H41N3O8S/c36-47(43,44)38-35(42)46-32(34(40)41)31(45-22-10-2-4-12-26-18-20-28-14-6-8-16-30(28)24-26)33(39)37-21-9-1-3-11-25-17-19-27-13-5-7-15-29(27)23-25/h5-8,13-20,23-24,31-32H,1-4,9-12,21-22H2,(H,37,39)(H,38,42)(H,40,41)(H2,36,43,44). The quantitative estimate of drug-likeness (QED) is 0.108. The molecule has 5 N–H and O–H groups in total. The van der Waals surface area contributed by atoms with E-state index in [1.165, 1.54) is 37.4 Å². The van der Waals surface area contributed by atoms with E-state index in [0.29, 0.717) is 12.8 Å². The monoisotopic (exact) mass is 663 g/mol. The van der Waals surface area contributed by atoms with Crippen LogP contribution in [0.2, 0.25) is 0 Å². The molecular formula is C35H41N3O8S. The lowest BCUT2D eigenvalue weighted by atomic mass is 10.0. The Morgan fingerprint density at radius 1 is 0.702 bits per heavy atom. The second-order valence-electron chi connectivity index (χ2n) is 11.4. The molecule has 0 saturated carbocycles. The van der Waals surface area contributed by atoms with E-state index in [9.17, 15) is 27.9 Å². The van der Waals surface area contributed by atoms with Crippen LogP contribution in [-0.2, 0) is 42.1 Å². The Morgan fingerprint density at radius 3 is 1.77 bits per heavy atom. The summed E-state index contributed by atoms with van der Waals surface area (Å²) in [5.74, 6) is -2.46. The van der Waals surface area contributed by atoms with Gasteiger partial charge in [0, 0.05) is 13.2 Å². The molecule has 11 nitrogen and oxygen atoms in total. The highest BCUT2D eigenvalue weighted by Gasteiger charge is 2.38. The second-order valence-corrected chi connectivity index (χ2v) is 12.7. The maximum absolute atomic E-state index is 13.1. The summed E-state index contributed by atoms with van der Waals surface area (Å²) in [5, 5.41) is 21.9. The van der Waals surface area contributed by atoms with Gasteiger partial charge in [-0.25, -0.2) is 19.5 Å². The molecule has 0 aliphatic rings. The van der Waals surface area contributed by atoms with Crippen LogP contribution < -0.4 is 15.2 Å². The van der Waals surface area contributed by atoms with Crippen molar-refractivity contribution in [1.29, 1.82) is 0 Å². The molecule has 4 rings (SSSR count). The molecule has 2 unspecified atom stereocenters. The van der Waals surface area contributed by atoms with E-state index in [1.807, 2.05) is 24.3 Å². The van der Waals surface area contributed by atoms with Gasteiger partial charge in [-0.05, 0) is 71.2 Å². The Morgan fingerprint density at radius 2 is 1.23 bits per heavy atom. The van der Waals surface area contributed by atoms with Gasteiger partial charge in [-0.1, -0.05) is 97.8 Å². The summed E-state index contributed by atoms with van der Waals surface area (Å²) in [6.45, 7) is 0.267. The van der Waals surface area contributed by atoms with E-state index < -0.39 is 40.4 Å². The van der Waals surface area contributed by atoms with Crippen LogP contribution in [0.3, 0.4) is 0 Å². The molecule has 2 atom stereocenters. The van der Waals surface area contributed by atoms with Gasteiger partial charge in [0.15, 0.2) is 6.10 Å². The first-order valence-corrected chi connectivity index (χ1v) is 17.2. The van der Waals surface area contributed by atoms with Crippen molar-refractivity contribution in [3.8, 4) is 0 Å². The zero-order chi connectivity index (χ0) is 33.6. The van der Waals surface area contributed by atoms with Crippen LogP contribution in [0.1, 0.15) is 49.7 Å². The summed E-state index contributed by atoms with van der Waals surface area (Å²) in [5.41, 5.74) is 2.41. The van der Waals surface area contributed by atoms with Crippen LogP contribution in [0.25, 0.3) is 21.5 Å². The number of carboxylic acids is 1. The number of aliphatic carboxylic acids is 1. The topological polar surface area (TPSA) is 174 Å². The van der Waals surface area contributed by atoms with Gasteiger partial charge < -0.3 is 19.9 Å². The van der Waals surface area contributed by atoms with E-state index in [1.54, 1.807) is 0 Å². The fraction of sp³-hybridized carbons (Fsp3) is 0.343. The summed E-state index contributed by atoms with van der Waals surface area (Å²) >= 11 is 0. The molecule has 47 heavy (non-hydrogen) atoms. The Kier molecular flexibility index (Phi) is 13.1. The fourth-order valence-corrected chi connectivity index (χ4v) is 5.63. The minimum Gasteiger partial charge on any atom is -0.478 e. The molecule has 0 aliphatic carbocycles. The number of fused-ring (bicyclic) bond motifs is 2. The zero-order valence-electron chi connectivity index (χ0n) is 26.1. The number of carbonyl (C=O) groups is 3. The number of hydrogen-bond acceptors (Lipinski definition) is 7. The van der Waals surface area contributed by atoms with Crippen molar-refractivity contribution < 1.29 is 37.4 Å². The third-order valence-corrected chi connectivity index (χ3v) is 8.16. The number of amides is 2. The SMILES string of the molecule is NS(=O)(=O)NC(=O)OC(C(=O)O)C(OCCCCCc1ccc2ccccc2c1)C(=O)NCCCCCc1ccc2ccccc2c1. The number of carboxylic acid groups (broad SMARTS) is 1. The molecule has 0 saturated heterocycles. The molecule has 12 heteroatoms. The van der Waals surface area contributed by atoms with Crippen molar-refractivity contribution in [3.05, 3.63) is 96.1 Å². The Hall–Kier alpha value is -4.52. The number of ether oxygens (including phenoxy) is 2. The molecule has 4 aromatic rings. The first-order valence-electron chi connectivity index (χ1n) is 15.7. The Balaban J connectivity index is 1.26. The average Bonchev–Trinajstić information content (AvgIpc) is 3.04. The highest BCUT2D eigenvalue weighted by Crippen LogP contribution is 2.19. The predicted octanol–water partition coefficient (Wildman–Crippen LogP) is 5.00. The van der Waals surface area contributed by atoms with Gasteiger partial charge in [0.25, 0.3) is 5.91 Å². The molecule has 0 bridgehead atoms. The molecule has 0 aromatic heterocycles. The normalized spacial score (nSPS) is 12.8. The first-order chi connectivity index (χ1) is 22.6. The van der Waals surface area contributed by atoms with Gasteiger partial charge in [-0.15, -0.1) is 0 Å². The number of unbranched alkanes of at least 4 members (excludes halogenated alkanes) is 4. The largest absolute Gasteiger partial charge is 0.478 e. The molecular weight excluding hydrogens is 622 g/mol. The minimum absolute atomic E-state index is 0.0194. The number of hydrogen-bond donors (Lipinski definition) is 4. The lowest BCUT2D eigenvalue weighted by Crippen LogP contribution is -2.51. The zero-order valence-corrected chi connectivity index (χ0v) is 26.9. The molecule has 2 amide bonds. The van der Waals surface area contributed by atoms with Crippen LogP contribution in [0.5, 0.6) is 0 Å². The van der Waals surface area contributed by atoms with E-state index >= 15 is 0 Å². The van der Waals surface area contributed by atoms with E-state index in [0.717, 1.165) is 38.5 Å². The molecule has 0 radical (unpaired) electrons. The van der Waals surface area contributed by atoms with Gasteiger partial charge >= 0.3 is 22.3 Å². The fourth-order valence-electron chi connectivity index (χ4n) is 5.35. The summed E-state index contributed by atoms with van der Waals surface area (Å²) in [6.07, 6.45) is 0.685. The van der Waals surface area contributed by atoms with Crippen molar-refractivity contribution in [1.82, 2.24) is 10.0 Å². The van der Waals surface area contributed by atoms with E-state index in [4.69, 9.17) is 14.6 Å². The number of nitrogens with one attached hydrogen (secondary N) is 2. The Labute approximate surface area is 274 Å². The molecule has 0 heterocycles. The Bertz CT molecular complexity index is 1780. The van der Waals surface area contributed by atoms with Crippen molar-refractivity contribution in [3.63, 3.8) is 0 Å². The van der Waals surface area contributed by atoms with Crippen LogP contribution in [0.4, 0.5) is 4.79 Å². The number of carbonyl (C=O) groups excluding carboxylic acids is 2. The summed E-state index contributed by atoms with van der Waals surface area (Å²) in [7, 11) is -4.52. The van der Waals surface area contributed by atoms with Gasteiger partial charge in [0.05, 0.1) is 0 Å². The smallest absolute Gasteiger partial charge is 0.422 e. The van der Waals surface area contributed by atoms with Crippen molar-refractivity contribution in [2.24, 2.45) is 5.14 Å². The van der Waals surface area contributed by atoms with Crippen molar-refractivity contribution in [2.45, 2.75) is 63.6 Å². The lowest BCUT2D eigenvalue weighted by molar-refractivity contribution is -0.162. The number of aryl methyl sites for hydroxylation is 2. The maximum atomic E-state index is 13.1. The average molecular weight is 664 g/mol. The van der Waals surface area contributed by atoms with Gasteiger partial charge in [-0.3, -0.25) is 4.79 Å². The van der Waals surface area contributed by atoms with Crippen molar-refractivity contribution >= 4 is 49.7 Å². The van der Waals surface area contributed by atoms with E-state index in [-0.39, 0.29) is 13.2 Å². The second kappa shape index (κ2) is 17.4. The van der Waals surface area contributed by atoms with Crippen molar-refractivity contribution in [2.75, 3.05) is 13.2 Å². The summed E-state index contributed by atoms with van der Waals surface area (Å²) in [4.78, 5) is 37.1. The first kappa shape index (κ1) is 35.3. The lowest BCUT2D eigenvalue weighted by Gasteiger charge is -2.23. The highest BCUT2D eigenvalue weighted by molar-refractivity contribution is 7.87.